The average molecular weight is 764 g/mol. The molecule has 6 nitrogen and oxygen atoms in total. The van der Waals surface area contributed by atoms with Gasteiger partial charge in [0.05, 0.1) is 26.4 Å². The molecule has 0 saturated carbocycles. The van der Waals surface area contributed by atoms with Crippen LogP contribution in [0, 0.1) is 17.8 Å². The molecule has 1 heterocycles. The van der Waals surface area contributed by atoms with Crippen LogP contribution in [0.15, 0.2) is 0 Å². The van der Waals surface area contributed by atoms with Crippen molar-refractivity contribution >= 4 is 11.9 Å². The van der Waals surface area contributed by atoms with Crippen molar-refractivity contribution in [1.82, 2.24) is 4.90 Å². The second kappa shape index (κ2) is 38.7. The Kier molecular flexibility index (Phi) is 36.5. The van der Waals surface area contributed by atoms with Crippen LogP contribution in [0.5, 0.6) is 0 Å². The highest BCUT2D eigenvalue weighted by atomic mass is 16.5. The zero-order valence-electron chi connectivity index (χ0n) is 36.8. The Morgan fingerprint density at radius 3 is 1.15 bits per heavy atom. The van der Waals surface area contributed by atoms with Crippen LogP contribution < -0.4 is 0 Å². The summed E-state index contributed by atoms with van der Waals surface area (Å²) in [5.41, 5.74) is 0. The van der Waals surface area contributed by atoms with Crippen molar-refractivity contribution in [3.05, 3.63) is 0 Å². The number of carbonyl (C=O) groups is 2. The van der Waals surface area contributed by atoms with Gasteiger partial charge < -0.3 is 14.2 Å². The summed E-state index contributed by atoms with van der Waals surface area (Å²) < 4.78 is 16.8. The van der Waals surface area contributed by atoms with Crippen LogP contribution in [-0.2, 0) is 23.8 Å². The highest BCUT2D eigenvalue weighted by Gasteiger charge is 2.17. The van der Waals surface area contributed by atoms with Gasteiger partial charge in [-0.3, -0.25) is 14.5 Å². The summed E-state index contributed by atoms with van der Waals surface area (Å²) in [7, 11) is 0. The van der Waals surface area contributed by atoms with E-state index in [4.69, 9.17) is 14.2 Å². The van der Waals surface area contributed by atoms with E-state index < -0.39 is 0 Å². The maximum atomic E-state index is 12.3. The molecule has 0 amide bonds. The van der Waals surface area contributed by atoms with E-state index in [2.05, 4.69) is 32.6 Å². The molecule has 1 aliphatic rings. The van der Waals surface area contributed by atoms with E-state index in [1.165, 1.54) is 161 Å². The summed E-state index contributed by atoms with van der Waals surface area (Å²) in [6, 6.07) is 0. The van der Waals surface area contributed by atoms with Gasteiger partial charge in [0.2, 0.25) is 0 Å². The monoisotopic (exact) mass is 764 g/mol. The third-order valence-corrected chi connectivity index (χ3v) is 12.0. The minimum absolute atomic E-state index is 0.0132. The number of nitrogens with zero attached hydrogens (tertiary/aromatic N) is 1. The number of carbonyl (C=O) groups excluding carboxylic acids is 2. The highest BCUT2D eigenvalue weighted by molar-refractivity contribution is 5.69. The van der Waals surface area contributed by atoms with Gasteiger partial charge in [-0.2, -0.15) is 0 Å². The van der Waals surface area contributed by atoms with Gasteiger partial charge in [0.15, 0.2) is 0 Å². The van der Waals surface area contributed by atoms with Gasteiger partial charge in [0, 0.05) is 32.5 Å². The van der Waals surface area contributed by atoms with Crippen LogP contribution in [0.1, 0.15) is 233 Å². The van der Waals surface area contributed by atoms with Crippen LogP contribution in [0.2, 0.25) is 0 Å². The summed E-state index contributed by atoms with van der Waals surface area (Å²) in [5, 5.41) is 0. The lowest BCUT2D eigenvalue weighted by Crippen LogP contribution is -2.39. The van der Waals surface area contributed by atoms with Crippen LogP contribution in [0.25, 0.3) is 0 Å². The first kappa shape index (κ1) is 50.9. The maximum absolute atomic E-state index is 12.3. The normalized spacial score (nSPS) is 13.8. The van der Waals surface area contributed by atoms with Gasteiger partial charge >= 0.3 is 11.9 Å². The molecule has 1 rings (SSSR count). The van der Waals surface area contributed by atoms with E-state index in [9.17, 15) is 9.59 Å². The van der Waals surface area contributed by atoms with Gasteiger partial charge in [0.25, 0.3) is 0 Å². The minimum Gasteiger partial charge on any atom is -0.466 e. The molecule has 1 fully saturated rings. The molecule has 0 unspecified atom stereocenters. The molecule has 0 spiro atoms. The fraction of sp³-hybridized carbons (Fsp3) is 0.958. The second-order valence-electron chi connectivity index (χ2n) is 17.1. The van der Waals surface area contributed by atoms with Crippen molar-refractivity contribution in [2.45, 2.75) is 233 Å². The fourth-order valence-electron chi connectivity index (χ4n) is 8.31. The lowest BCUT2D eigenvalue weighted by molar-refractivity contribution is -0.145. The summed E-state index contributed by atoms with van der Waals surface area (Å²) in [6.45, 7) is 15.5. The van der Waals surface area contributed by atoms with Crippen molar-refractivity contribution in [3.8, 4) is 0 Å². The molecule has 0 aromatic carbocycles. The maximum Gasteiger partial charge on any atom is 0.305 e. The molecule has 0 aromatic rings. The Hall–Kier alpha value is -1.14. The standard InChI is InChI=1S/C48H93NO5/c1-5-9-27-44(28-10-6-2)35-39-53-47(50)33-25-21-17-13-15-19-23-31-46(43-49-37-41-52-42-38-49)32-24-20-16-14-18-22-26-34-48(51)54-40-36-45(29-11-7-3)30-12-8-4/h44-46H,5-43H2,1-4H3. The topological polar surface area (TPSA) is 65.1 Å². The predicted molar refractivity (Wildman–Crippen MR) is 230 cm³/mol. The number of ether oxygens (including phenoxy) is 3. The van der Waals surface area contributed by atoms with Crippen molar-refractivity contribution in [1.29, 1.82) is 0 Å². The third-order valence-electron chi connectivity index (χ3n) is 12.0. The zero-order chi connectivity index (χ0) is 39.2. The number of hydrogen-bond donors (Lipinski definition) is 0. The van der Waals surface area contributed by atoms with Crippen molar-refractivity contribution in [2.24, 2.45) is 17.8 Å². The Bertz CT molecular complexity index is 743. The molecule has 0 atom stereocenters. The van der Waals surface area contributed by atoms with E-state index >= 15 is 0 Å². The minimum atomic E-state index is 0.0132. The third kappa shape index (κ3) is 32.0. The van der Waals surface area contributed by atoms with Crippen LogP contribution >= 0.6 is 0 Å². The van der Waals surface area contributed by atoms with E-state index in [0.717, 1.165) is 82.6 Å². The summed E-state index contributed by atoms with van der Waals surface area (Å²) in [5.74, 6) is 2.28. The number of rotatable bonds is 40. The molecule has 0 bridgehead atoms. The molecule has 0 N–H and O–H groups in total. The first-order chi connectivity index (χ1) is 26.5. The lowest BCUT2D eigenvalue weighted by atomic mass is 9.93. The van der Waals surface area contributed by atoms with Crippen molar-refractivity contribution < 1.29 is 23.8 Å². The summed E-state index contributed by atoms with van der Waals surface area (Å²) >= 11 is 0. The van der Waals surface area contributed by atoms with E-state index in [-0.39, 0.29) is 11.9 Å². The molecule has 320 valence electrons. The Morgan fingerprint density at radius 1 is 0.444 bits per heavy atom. The first-order valence-electron chi connectivity index (χ1n) is 24.1. The van der Waals surface area contributed by atoms with Crippen LogP contribution in [0.3, 0.4) is 0 Å². The number of morpholine rings is 1. The highest BCUT2D eigenvalue weighted by Crippen LogP contribution is 2.23. The quantitative estimate of drug-likeness (QED) is 0.0457. The van der Waals surface area contributed by atoms with Gasteiger partial charge in [-0.15, -0.1) is 0 Å². The average Bonchev–Trinajstić information content (AvgIpc) is 3.18. The summed E-state index contributed by atoms with van der Waals surface area (Å²) in [4.78, 5) is 27.1. The van der Waals surface area contributed by atoms with E-state index in [1.807, 2.05) is 0 Å². The SMILES string of the molecule is CCCCC(CCCC)CCOC(=O)CCCCCCCCCC(CCCCCCCCCC(=O)OCCC(CCCC)CCCC)CN1CCOCC1. The van der Waals surface area contributed by atoms with Crippen LogP contribution in [0.4, 0.5) is 0 Å². The molecule has 0 aliphatic carbocycles. The molecular formula is C48H93NO5. The smallest absolute Gasteiger partial charge is 0.305 e. The van der Waals surface area contributed by atoms with Crippen molar-refractivity contribution in [3.63, 3.8) is 0 Å². The Morgan fingerprint density at radius 2 is 0.778 bits per heavy atom. The molecule has 0 aromatic heterocycles. The van der Waals surface area contributed by atoms with Gasteiger partial charge in [-0.1, -0.05) is 182 Å². The fourth-order valence-corrected chi connectivity index (χ4v) is 8.31. The zero-order valence-corrected chi connectivity index (χ0v) is 36.8. The Labute approximate surface area is 336 Å². The van der Waals surface area contributed by atoms with Crippen LogP contribution in [-0.4, -0.2) is 62.9 Å². The molecule has 1 aliphatic heterocycles. The number of hydrogen-bond acceptors (Lipinski definition) is 6. The predicted octanol–water partition coefficient (Wildman–Crippen LogP) is 13.8. The second-order valence-corrected chi connectivity index (χ2v) is 17.1. The number of unbranched alkanes of at least 4 members (excludes halogenated alkanes) is 16. The first-order valence-corrected chi connectivity index (χ1v) is 24.1. The molecule has 54 heavy (non-hydrogen) atoms. The van der Waals surface area contributed by atoms with Gasteiger partial charge in [-0.05, 0) is 56.3 Å². The largest absolute Gasteiger partial charge is 0.466 e. The molecule has 0 radical (unpaired) electrons. The number of esters is 2. The van der Waals surface area contributed by atoms with Gasteiger partial charge in [0.1, 0.15) is 0 Å². The van der Waals surface area contributed by atoms with Gasteiger partial charge in [-0.25, -0.2) is 0 Å². The Balaban J connectivity index is 2.11. The molecular weight excluding hydrogens is 671 g/mol. The van der Waals surface area contributed by atoms with Crippen molar-refractivity contribution in [2.75, 3.05) is 46.1 Å². The van der Waals surface area contributed by atoms with E-state index in [0.29, 0.717) is 26.1 Å². The summed E-state index contributed by atoms with van der Waals surface area (Å²) in [6.07, 6.45) is 38.6. The molecule has 1 saturated heterocycles. The van der Waals surface area contributed by atoms with E-state index in [1.54, 1.807) is 0 Å². The molecule has 6 heteroatoms. The lowest BCUT2D eigenvalue weighted by Gasteiger charge is -2.30.